The molecule has 0 saturated carbocycles. The van der Waals surface area contributed by atoms with Gasteiger partial charge in [-0.2, -0.15) is 10.2 Å². The Morgan fingerprint density at radius 3 is 2.59 bits per heavy atom. The van der Waals surface area contributed by atoms with E-state index < -0.39 is 0 Å². The highest BCUT2D eigenvalue weighted by molar-refractivity contribution is 8.14. The molecule has 0 radical (unpaired) electrons. The van der Waals surface area contributed by atoms with Crippen LogP contribution in [-0.4, -0.2) is 47.4 Å². The summed E-state index contributed by atoms with van der Waals surface area (Å²) >= 11 is 1.37. The maximum atomic E-state index is 12.7. The van der Waals surface area contributed by atoms with Crippen molar-refractivity contribution in [2.45, 2.75) is 12.8 Å². The first-order valence-electron chi connectivity index (χ1n) is 10.1. The summed E-state index contributed by atoms with van der Waals surface area (Å²) < 4.78 is 11.2. The van der Waals surface area contributed by atoms with E-state index in [1.54, 1.807) is 12.1 Å². The van der Waals surface area contributed by atoms with Crippen LogP contribution in [0, 0.1) is 0 Å². The Morgan fingerprint density at radius 1 is 1.00 bits per heavy atom. The van der Waals surface area contributed by atoms with Gasteiger partial charge >= 0.3 is 0 Å². The summed E-state index contributed by atoms with van der Waals surface area (Å²) in [5.74, 6) is 1.42. The molecule has 162 valence electrons. The lowest BCUT2D eigenvalue weighted by molar-refractivity contribution is -0.118. The first-order chi connectivity index (χ1) is 15.7. The van der Waals surface area contributed by atoms with E-state index in [4.69, 9.17) is 9.47 Å². The van der Waals surface area contributed by atoms with Crippen LogP contribution in [0.2, 0.25) is 0 Å². The van der Waals surface area contributed by atoms with Gasteiger partial charge in [0.1, 0.15) is 18.9 Å². The Kier molecular flexibility index (Phi) is 5.59. The quantitative estimate of drug-likeness (QED) is 0.776. The predicted molar refractivity (Wildman–Crippen MR) is 123 cm³/mol. The van der Waals surface area contributed by atoms with Crippen LogP contribution in [0.3, 0.4) is 0 Å². The molecule has 2 amide bonds. The first kappa shape index (κ1) is 20.3. The molecule has 9 nitrogen and oxygen atoms in total. The maximum absolute atomic E-state index is 12.7. The fourth-order valence-corrected chi connectivity index (χ4v) is 4.14. The molecule has 32 heavy (non-hydrogen) atoms. The first-order valence-corrected chi connectivity index (χ1v) is 11.1. The molecule has 10 heteroatoms. The number of rotatable bonds is 3. The van der Waals surface area contributed by atoms with E-state index in [9.17, 15) is 9.59 Å². The van der Waals surface area contributed by atoms with Crippen LogP contribution < -0.4 is 19.8 Å². The van der Waals surface area contributed by atoms with Gasteiger partial charge in [0.15, 0.2) is 16.7 Å². The summed E-state index contributed by atoms with van der Waals surface area (Å²) in [7, 11) is 0. The summed E-state index contributed by atoms with van der Waals surface area (Å²) in [5, 5.41) is 17.1. The number of hydrogen-bond donors (Lipinski definition) is 1. The number of carbonyl (C=O) groups excluding carboxylic acids is 2. The van der Waals surface area contributed by atoms with Gasteiger partial charge in [-0.15, -0.1) is 5.10 Å². The van der Waals surface area contributed by atoms with E-state index >= 15 is 0 Å². The van der Waals surface area contributed by atoms with Crippen LogP contribution in [0.5, 0.6) is 11.5 Å². The fraction of sp³-hybridized carbons (Fsp3) is 0.227. The Balaban J connectivity index is 1.28. The summed E-state index contributed by atoms with van der Waals surface area (Å²) in [5.41, 5.74) is 2.57. The van der Waals surface area contributed by atoms with Crippen molar-refractivity contribution in [2.75, 3.05) is 24.0 Å². The monoisotopic (exact) mass is 449 g/mol. The molecule has 5 rings (SSSR count). The standard InChI is InChI=1S/C22H19N5O4S/c28-20-9-7-16(26-27(20)15-4-2-1-3-5-15)21(29)23-22-25-24-17(13-32-22)14-6-8-18-19(12-14)31-11-10-30-18/h1-6,8,12H,7,9-11,13H2,(H,23,25,29). The third-order valence-corrected chi connectivity index (χ3v) is 5.87. The minimum Gasteiger partial charge on any atom is -0.486 e. The van der Waals surface area contributed by atoms with Crippen molar-refractivity contribution in [3.8, 4) is 11.5 Å². The molecule has 2 aromatic carbocycles. The van der Waals surface area contributed by atoms with Gasteiger partial charge in [0.25, 0.3) is 5.91 Å². The molecule has 3 heterocycles. The largest absolute Gasteiger partial charge is 0.486 e. The lowest BCUT2D eigenvalue weighted by atomic mass is 10.1. The van der Waals surface area contributed by atoms with Crippen molar-refractivity contribution < 1.29 is 19.1 Å². The molecule has 0 unspecified atom stereocenters. The molecule has 1 N–H and O–H groups in total. The van der Waals surface area contributed by atoms with E-state index in [-0.39, 0.29) is 30.4 Å². The van der Waals surface area contributed by atoms with Crippen LogP contribution in [0.25, 0.3) is 0 Å². The number of ether oxygens (including phenoxy) is 2. The zero-order valence-electron chi connectivity index (χ0n) is 17.0. The van der Waals surface area contributed by atoms with Crippen molar-refractivity contribution in [2.24, 2.45) is 15.3 Å². The average molecular weight is 449 g/mol. The maximum Gasteiger partial charge on any atom is 0.273 e. The highest BCUT2D eigenvalue weighted by Crippen LogP contribution is 2.31. The number of nitrogens with zero attached hydrogens (tertiary/aromatic N) is 4. The molecule has 0 spiro atoms. The van der Waals surface area contributed by atoms with Gasteiger partial charge in [0, 0.05) is 24.2 Å². The van der Waals surface area contributed by atoms with Gasteiger partial charge in [0.05, 0.1) is 11.4 Å². The number of nitrogens with one attached hydrogen (secondary N) is 1. The highest BCUT2D eigenvalue weighted by Gasteiger charge is 2.27. The second-order valence-corrected chi connectivity index (χ2v) is 8.10. The average Bonchev–Trinajstić information content (AvgIpc) is 2.85. The van der Waals surface area contributed by atoms with Crippen LogP contribution in [0.15, 0.2) is 63.8 Å². The number of benzene rings is 2. The van der Waals surface area contributed by atoms with E-state index in [0.717, 1.165) is 17.0 Å². The van der Waals surface area contributed by atoms with Crippen molar-refractivity contribution >= 4 is 45.9 Å². The number of thioether (sulfide) groups is 1. The van der Waals surface area contributed by atoms with Crippen molar-refractivity contribution in [1.82, 2.24) is 5.32 Å². The second-order valence-electron chi connectivity index (χ2n) is 7.14. The number of carbonyl (C=O) groups is 2. The van der Waals surface area contributed by atoms with E-state index in [1.165, 1.54) is 16.8 Å². The van der Waals surface area contributed by atoms with Crippen LogP contribution in [-0.2, 0) is 9.59 Å². The number of hydrazone groups is 1. The number of para-hydroxylation sites is 1. The Morgan fingerprint density at radius 2 is 1.81 bits per heavy atom. The van der Waals surface area contributed by atoms with Gasteiger partial charge < -0.3 is 9.47 Å². The fourth-order valence-electron chi connectivity index (χ4n) is 3.38. The number of hydrogen-bond acceptors (Lipinski definition) is 8. The lowest BCUT2D eigenvalue weighted by Gasteiger charge is -2.23. The SMILES string of the molecule is O=C(NC1=NN=C(c2ccc3c(c2)OCCO3)CS1)C1=NN(c2ccccc2)C(=O)CC1. The molecule has 0 atom stereocenters. The highest BCUT2D eigenvalue weighted by atomic mass is 32.2. The van der Waals surface area contributed by atoms with Gasteiger partial charge in [-0.25, -0.2) is 5.01 Å². The summed E-state index contributed by atoms with van der Waals surface area (Å²) in [6.07, 6.45) is 0.491. The van der Waals surface area contributed by atoms with Gasteiger partial charge in [-0.3, -0.25) is 14.9 Å². The molecular formula is C22H19N5O4S. The minimum absolute atomic E-state index is 0.147. The Labute approximate surface area is 188 Å². The summed E-state index contributed by atoms with van der Waals surface area (Å²) in [4.78, 5) is 24.9. The van der Waals surface area contributed by atoms with Gasteiger partial charge in [-0.1, -0.05) is 30.0 Å². The van der Waals surface area contributed by atoms with E-state index in [0.29, 0.717) is 35.6 Å². The van der Waals surface area contributed by atoms with Gasteiger partial charge in [0.2, 0.25) is 5.91 Å². The van der Waals surface area contributed by atoms with Gasteiger partial charge in [-0.05, 0) is 30.3 Å². The van der Waals surface area contributed by atoms with Crippen LogP contribution in [0.4, 0.5) is 5.69 Å². The molecule has 0 aliphatic carbocycles. The molecule has 0 aromatic heterocycles. The molecule has 0 fully saturated rings. The topological polar surface area (TPSA) is 105 Å². The zero-order valence-corrected chi connectivity index (χ0v) is 17.8. The van der Waals surface area contributed by atoms with Crippen LogP contribution in [0.1, 0.15) is 18.4 Å². The number of anilines is 1. The summed E-state index contributed by atoms with van der Waals surface area (Å²) in [6.45, 7) is 1.06. The number of amidine groups is 1. The molecule has 0 saturated heterocycles. The molecule has 0 bridgehead atoms. The normalized spacial score (nSPS) is 17.8. The second kappa shape index (κ2) is 8.83. The predicted octanol–water partition coefficient (Wildman–Crippen LogP) is 2.56. The smallest absolute Gasteiger partial charge is 0.273 e. The number of fused-ring (bicyclic) bond motifs is 1. The van der Waals surface area contributed by atoms with E-state index in [1.807, 2.05) is 36.4 Å². The third kappa shape index (κ3) is 4.22. The lowest BCUT2D eigenvalue weighted by Crippen LogP contribution is -2.41. The molecule has 3 aliphatic rings. The third-order valence-electron chi connectivity index (χ3n) is 5.00. The molecule has 3 aliphatic heterocycles. The molecule has 2 aromatic rings. The van der Waals surface area contributed by atoms with E-state index in [2.05, 4.69) is 20.6 Å². The minimum atomic E-state index is -0.386. The van der Waals surface area contributed by atoms with Crippen molar-refractivity contribution in [3.63, 3.8) is 0 Å². The number of amides is 2. The van der Waals surface area contributed by atoms with Crippen molar-refractivity contribution in [1.29, 1.82) is 0 Å². The Hall–Kier alpha value is -3.66. The molecular weight excluding hydrogens is 430 g/mol. The summed E-state index contributed by atoms with van der Waals surface area (Å²) in [6, 6.07) is 14.7. The Bertz CT molecular complexity index is 1160. The van der Waals surface area contributed by atoms with Crippen molar-refractivity contribution in [3.05, 3.63) is 54.1 Å². The zero-order chi connectivity index (χ0) is 21.9. The van der Waals surface area contributed by atoms with Crippen LogP contribution >= 0.6 is 11.8 Å².